The van der Waals surface area contributed by atoms with E-state index in [9.17, 15) is 9.90 Å². The molecule has 5 nitrogen and oxygen atoms in total. The van der Waals surface area contributed by atoms with E-state index in [1.807, 2.05) is 13.8 Å². The Kier molecular flexibility index (Phi) is 4.84. The van der Waals surface area contributed by atoms with Gasteiger partial charge in [0.15, 0.2) is 0 Å². The number of aryl methyl sites for hydroxylation is 3. The second kappa shape index (κ2) is 7.30. The number of H-pyrrole nitrogens is 1. The van der Waals surface area contributed by atoms with Gasteiger partial charge in [0.05, 0.1) is 0 Å². The van der Waals surface area contributed by atoms with Crippen LogP contribution in [0.1, 0.15) is 48.2 Å². The van der Waals surface area contributed by atoms with Crippen molar-refractivity contribution in [1.82, 2.24) is 14.9 Å². The SMILES string of the molecule is CCc1c(-c2cc(C)nc(C)c2)[nH]c2ccc(C3CCN(C(=O)O)CC3)cc12. The molecule has 0 radical (unpaired) electrons. The lowest BCUT2D eigenvalue weighted by molar-refractivity contribution is 0.132. The second-order valence-corrected chi connectivity index (χ2v) is 7.82. The molecule has 28 heavy (non-hydrogen) atoms. The number of nitrogens with zero attached hydrogens (tertiary/aromatic N) is 2. The monoisotopic (exact) mass is 377 g/mol. The van der Waals surface area contributed by atoms with Gasteiger partial charge in [0, 0.05) is 46.6 Å². The molecular weight excluding hydrogens is 350 g/mol. The van der Waals surface area contributed by atoms with Crippen molar-refractivity contribution in [2.24, 2.45) is 0 Å². The maximum Gasteiger partial charge on any atom is 0.407 e. The van der Waals surface area contributed by atoms with Crippen molar-refractivity contribution in [2.45, 2.75) is 46.0 Å². The fraction of sp³-hybridized carbons (Fsp3) is 0.391. The van der Waals surface area contributed by atoms with Gasteiger partial charge < -0.3 is 15.0 Å². The molecule has 1 saturated heterocycles. The van der Waals surface area contributed by atoms with Crippen LogP contribution in [0.4, 0.5) is 4.79 Å². The average molecular weight is 377 g/mol. The number of carboxylic acid groups (broad SMARTS) is 1. The van der Waals surface area contributed by atoms with Crippen molar-refractivity contribution in [3.05, 3.63) is 52.8 Å². The van der Waals surface area contributed by atoms with E-state index in [0.29, 0.717) is 19.0 Å². The zero-order valence-electron chi connectivity index (χ0n) is 16.7. The van der Waals surface area contributed by atoms with Crippen LogP contribution in [0, 0.1) is 13.8 Å². The van der Waals surface area contributed by atoms with E-state index in [0.717, 1.165) is 36.2 Å². The van der Waals surface area contributed by atoms with Crippen LogP contribution in [0.25, 0.3) is 22.2 Å². The highest BCUT2D eigenvalue weighted by atomic mass is 16.4. The van der Waals surface area contributed by atoms with Crippen LogP contribution in [-0.2, 0) is 6.42 Å². The van der Waals surface area contributed by atoms with Gasteiger partial charge in [-0.25, -0.2) is 4.79 Å². The van der Waals surface area contributed by atoms with Gasteiger partial charge in [-0.2, -0.15) is 0 Å². The number of hydrogen-bond donors (Lipinski definition) is 2. The maximum absolute atomic E-state index is 11.2. The minimum atomic E-state index is -0.805. The summed E-state index contributed by atoms with van der Waals surface area (Å²) in [4.78, 5) is 20.8. The van der Waals surface area contributed by atoms with Crippen LogP contribution >= 0.6 is 0 Å². The molecule has 4 rings (SSSR count). The molecule has 3 heterocycles. The molecule has 5 heteroatoms. The summed E-state index contributed by atoms with van der Waals surface area (Å²) in [7, 11) is 0. The third-order valence-corrected chi connectivity index (χ3v) is 5.89. The summed E-state index contributed by atoms with van der Waals surface area (Å²) in [6, 6.07) is 11.0. The van der Waals surface area contributed by atoms with Crippen molar-refractivity contribution in [3.63, 3.8) is 0 Å². The van der Waals surface area contributed by atoms with Crippen molar-refractivity contribution in [2.75, 3.05) is 13.1 Å². The molecule has 3 aromatic rings. The lowest BCUT2D eigenvalue weighted by Gasteiger charge is -2.30. The largest absolute Gasteiger partial charge is 0.465 e. The molecule has 0 saturated carbocycles. The van der Waals surface area contributed by atoms with E-state index in [4.69, 9.17) is 0 Å². The Balaban J connectivity index is 1.71. The molecule has 2 N–H and O–H groups in total. The van der Waals surface area contributed by atoms with Crippen LogP contribution in [0.2, 0.25) is 0 Å². The summed E-state index contributed by atoms with van der Waals surface area (Å²) in [6.45, 7) is 7.50. The van der Waals surface area contributed by atoms with Gasteiger partial charge in [-0.1, -0.05) is 13.0 Å². The molecule has 0 atom stereocenters. The molecule has 0 aliphatic carbocycles. The van der Waals surface area contributed by atoms with Crippen LogP contribution in [0.5, 0.6) is 0 Å². The van der Waals surface area contributed by atoms with Crippen LogP contribution in [-0.4, -0.2) is 39.2 Å². The third-order valence-electron chi connectivity index (χ3n) is 5.89. The van der Waals surface area contributed by atoms with Gasteiger partial charge in [-0.05, 0) is 74.4 Å². The van der Waals surface area contributed by atoms with Gasteiger partial charge in [-0.3, -0.25) is 4.98 Å². The van der Waals surface area contributed by atoms with E-state index in [-0.39, 0.29) is 0 Å². The Hall–Kier alpha value is -2.82. The smallest absolute Gasteiger partial charge is 0.407 e. The van der Waals surface area contributed by atoms with Gasteiger partial charge in [0.25, 0.3) is 0 Å². The standard InChI is InChI=1S/C23H27N3O2/c1-4-19-20-13-17(16-7-9-26(10-8-16)23(27)28)5-6-21(20)25-22(19)18-11-14(2)24-15(3)12-18/h5-6,11-13,16,25H,4,7-10H2,1-3H3,(H,27,28). The van der Waals surface area contributed by atoms with E-state index in [2.05, 4.69) is 47.2 Å². The quantitative estimate of drug-likeness (QED) is 0.653. The molecule has 2 aromatic heterocycles. The van der Waals surface area contributed by atoms with E-state index in [1.165, 1.54) is 32.7 Å². The molecule has 1 aliphatic rings. The highest BCUT2D eigenvalue weighted by Crippen LogP contribution is 2.35. The number of likely N-dealkylation sites (tertiary alicyclic amines) is 1. The zero-order valence-corrected chi connectivity index (χ0v) is 16.7. The number of carbonyl (C=O) groups is 1. The molecule has 0 unspecified atom stereocenters. The minimum absolute atomic E-state index is 0.425. The summed E-state index contributed by atoms with van der Waals surface area (Å²) in [5.41, 5.74) is 8.25. The number of benzene rings is 1. The predicted octanol–water partition coefficient (Wildman–Crippen LogP) is 5.27. The maximum atomic E-state index is 11.2. The Morgan fingerprint density at radius 3 is 2.46 bits per heavy atom. The van der Waals surface area contributed by atoms with Gasteiger partial charge in [0.2, 0.25) is 0 Å². The number of piperidine rings is 1. The third kappa shape index (κ3) is 3.37. The number of pyridine rings is 1. The predicted molar refractivity (Wildman–Crippen MR) is 112 cm³/mol. The minimum Gasteiger partial charge on any atom is -0.465 e. The zero-order chi connectivity index (χ0) is 19.8. The summed E-state index contributed by atoms with van der Waals surface area (Å²) in [5.74, 6) is 0.425. The van der Waals surface area contributed by atoms with E-state index >= 15 is 0 Å². The number of rotatable bonds is 3. The van der Waals surface area contributed by atoms with Crippen LogP contribution < -0.4 is 0 Å². The van der Waals surface area contributed by atoms with Crippen molar-refractivity contribution in [3.8, 4) is 11.3 Å². The van der Waals surface area contributed by atoms with Gasteiger partial charge in [0.1, 0.15) is 0 Å². The molecule has 1 aliphatic heterocycles. The average Bonchev–Trinajstić information content (AvgIpc) is 3.05. The van der Waals surface area contributed by atoms with Crippen molar-refractivity contribution in [1.29, 1.82) is 0 Å². The number of aromatic nitrogens is 2. The van der Waals surface area contributed by atoms with E-state index in [1.54, 1.807) is 0 Å². The molecule has 1 aromatic carbocycles. The molecule has 1 amide bonds. The number of hydrogen-bond acceptors (Lipinski definition) is 2. The van der Waals surface area contributed by atoms with Crippen molar-refractivity contribution >= 4 is 17.0 Å². The first-order valence-corrected chi connectivity index (χ1v) is 10.0. The number of fused-ring (bicyclic) bond motifs is 1. The Morgan fingerprint density at radius 1 is 1.18 bits per heavy atom. The van der Waals surface area contributed by atoms with E-state index < -0.39 is 6.09 Å². The lowest BCUT2D eigenvalue weighted by atomic mass is 9.88. The Bertz CT molecular complexity index is 1010. The molecular formula is C23H27N3O2. The number of aromatic amines is 1. The Morgan fingerprint density at radius 2 is 1.86 bits per heavy atom. The first-order valence-electron chi connectivity index (χ1n) is 10.0. The summed E-state index contributed by atoms with van der Waals surface area (Å²) >= 11 is 0. The summed E-state index contributed by atoms with van der Waals surface area (Å²) < 4.78 is 0. The first-order chi connectivity index (χ1) is 13.5. The molecule has 146 valence electrons. The van der Waals surface area contributed by atoms with Crippen molar-refractivity contribution < 1.29 is 9.90 Å². The fourth-order valence-electron chi connectivity index (χ4n) is 4.52. The summed E-state index contributed by atoms with van der Waals surface area (Å²) in [5, 5.41) is 10.5. The fourth-order valence-corrected chi connectivity index (χ4v) is 4.52. The van der Waals surface area contributed by atoms with Gasteiger partial charge in [-0.15, -0.1) is 0 Å². The normalized spacial score (nSPS) is 15.3. The topological polar surface area (TPSA) is 69.2 Å². The van der Waals surface area contributed by atoms with Crippen LogP contribution in [0.15, 0.2) is 30.3 Å². The Labute approximate surface area is 165 Å². The molecule has 1 fully saturated rings. The molecule has 0 bridgehead atoms. The van der Waals surface area contributed by atoms with Gasteiger partial charge >= 0.3 is 6.09 Å². The summed E-state index contributed by atoms with van der Waals surface area (Å²) in [6.07, 6.45) is 1.93. The highest BCUT2D eigenvalue weighted by molar-refractivity contribution is 5.91. The number of amides is 1. The highest BCUT2D eigenvalue weighted by Gasteiger charge is 2.24. The lowest BCUT2D eigenvalue weighted by Crippen LogP contribution is -2.36. The second-order valence-electron chi connectivity index (χ2n) is 7.82. The number of nitrogens with one attached hydrogen (secondary N) is 1. The molecule has 0 spiro atoms. The first kappa shape index (κ1) is 18.5. The van der Waals surface area contributed by atoms with Crippen LogP contribution in [0.3, 0.4) is 0 Å².